The number of thiazole rings is 1. The molecule has 6 nitrogen and oxygen atoms in total. The number of para-hydroxylation sites is 1. The van der Waals surface area contributed by atoms with Crippen LogP contribution in [0.3, 0.4) is 0 Å². The molecule has 0 unspecified atom stereocenters. The second kappa shape index (κ2) is 11.0. The summed E-state index contributed by atoms with van der Waals surface area (Å²) in [7, 11) is 1.65. The van der Waals surface area contributed by atoms with Gasteiger partial charge in [0, 0.05) is 28.4 Å². The van der Waals surface area contributed by atoms with Gasteiger partial charge in [-0.2, -0.15) is 0 Å². The van der Waals surface area contributed by atoms with Gasteiger partial charge in [-0.15, -0.1) is 35.5 Å². The van der Waals surface area contributed by atoms with Gasteiger partial charge in [-0.05, 0) is 37.3 Å². The molecule has 0 aliphatic carbocycles. The van der Waals surface area contributed by atoms with E-state index in [0.717, 1.165) is 32.9 Å². The Morgan fingerprint density at radius 3 is 2.65 bits per heavy atom. The molecule has 0 amide bonds. The fourth-order valence-corrected chi connectivity index (χ4v) is 4.20. The summed E-state index contributed by atoms with van der Waals surface area (Å²) in [5.41, 5.74) is 1.85. The standard InChI is InChI=1S/C22H20N4O2S2.ClH/c1-15-13-30-22(25-15)26-21-20(28-16-7-4-3-5-8-16)11-17(12-24-21)29-14-18-19(27-2)9-6-10-23-18;/h3-13H,14H2,1-2H3,(H,24,25,26);1H. The van der Waals surface area contributed by atoms with Gasteiger partial charge >= 0.3 is 0 Å². The molecule has 0 aliphatic rings. The van der Waals surface area contributed by atoms with Gasteiger partial charge < -0.3 is 14.8 Å². The van der Waals surface area contributed by atoms with Crippen LogP contribution in [-0.4, -0.2) is 22.1 Å². The number of nitrogens with zero attached hydrogens (tertiary/aromatic N) is 3. The lowest BCUT2D eigenvalue weighted by Crippen LogP contribution is -1.98. The molecular formula is C22H21ClN4O2S2. The predicted molar refractivity (Wildman–Crippen MR) is 128 cm³/mol. The van der Waals surface area contributed by atoms with Crippen molar-refractivity contribution >= 4 is 46.5 Å². The van der Waals surface area contributed by atoms with E-state index in [4.69, 9.17) is 9.47 Å². The summed E-state index contributed by atoms with van der Waals surface area (Å²) >= 11 is 3.15. The third-order valence-electron chi connectivity index (χ3n) is 4.09. The maximum Gasteiger partial charge on any atom is 0.188 e. The molecule has 0 fully saturated rings. The van der Waals surface area contributed by atoms with Crippen LogP contribution in [-0.2, 0) is 5.75 Å². The fourth-order valence-electron chi connectivity index (χ4n) is 2.67. The first-order valence-corrected chi connectivity index (χ1v) is 11.1. The molecule has 4 aromatic rings. The lowest BCUT2D eigenvalue weighted by molar-refractivity contribution is 0.409. The van der Waals surface area contributed by atoms with Crippen LogP contribution < -0.4 is 14.8 Å². The summed E-state index contributed by atoms with van der Waals surface area (Å²) in [6.45, 7) is 1.96. The minimum absolute atomic E-state index is 0. The first-order chi connectivity index (χ1) is 14.7. The van der Waals surface area contributed by atoms with E-state index in [0.29, 0.717) is 17.3 Å². The molecule has 31 heavy (non-hydrogen) atoms. The molecule has 9 heteroatoms. The normalized spacial score (nSPS) is 10.3. The zero-order valence-electron chi connectivity index (χ0n) is 16.9. The summed E-state index contributed by atoms with van der Waals surface area (Å²) in [5.74, 6) is 3.43. The average Bonchev–Trinajstić information content (AvgIpc) is 3.19. The van der Waals surface area contributed by atoms with Crippen LogP contribution in [0, 0.1) is 6.92 Å². The topological polar surface area (TPSA) is 69.2 Å². The van der Waals surface area contributed by atoms with E-state index in [1.54, 1.807) is 25.1 Å². The number of aryl methyl sites for hydroxylation is 1. The Morgan fingerprint density at radius 2 is 1.90 bits per heavy atom. The Morgan fingerprint density at radius 1 is 1.06 bits per heavy atom. The van der Waals surface area contributed by atoms with Crippen molar-refractivity contribution in [1.29, 1.82) is 0 Å². The third kappa shape index (κ3) is 6.10. The van der Waals surface area contributed by atoms with Gasteiger partial charge in [-0.3, -0.25) is 4.98 Å². The number of nitrogens with one attached hydrogen (secondary N) is 1. The molecule has 0 aliphatic heterocycles. The summed E-state index contributed by atoms with van der Waals surface area (Å²) in [6, 6.07) is 15.4. The highest BCUT2D eigenvalue weighted by Gasteiger charge is 2.12. The summed E-state index contributed by atoms with van der Waals surface area (Å²) in [4.78, 5) is 14.4. The van der Waals surface area contributed by atoms with E-state index in [1.165, 1.54) is 11.3 Å². The number of anilines is 2. The minimum Gasteiger partial charge on any atom is -0.495 e. The van der Waals surface area contributed by atoms with E-state index in [1.807, 2.05) is 67.0 Å². The molecule has 0 atom stereocenters. The van der Waals surface area contributed by atoms with E-state index in [9.17, 15) is 0 Å². The molecule has 1 aromatic carbocycles. The Kier molecular flexibility index (Phi) is 8.11. The van der Waals surface area contributed by atoms with Crippen molar-refractivity contribution in [1.82, 2.24) is 15.0 Å². The molecule has 4 rings (SSSR count). The summed E-state index contributed by atoms with van der Waals surface area (Å²) in [5, 5.41) is 6.03. The van der Waals surface area contributed by atoms with Crippen LogP contribution in [0.4, 0.5) is 10.9 Å². The van der Waals surface area contributed by atoms with Crippen molar-refractivity contribution in [2.45, 2.75) is 17.6 Å². The second-order valence-corrected chi connectivity index (χ2v) is 8.20. The molecule has 0 saturated carbocycles. The van der Waals surface area contributed by atoms with Crippen LogP contribution in [0.1, 0.15) is 11.4 Å². The number of hydrogen-bond acceptors (Lipinski definition) is 8. The van der Waals surface area contributed by atoms with Gasteiger partial charge in [0.1, 0.15) is 11.5 Å². The number of pyridine rings is 2. The molecule has 3 aromatic heterocycles. The maximum absolute atomic E-state index is 6.12. The van der Waals surface area contributed by atoms with Gasteiger partial charge in [0.15, 0.2) is 16.7 Å². The first kappa shape index (κ1) is 22.9. The van der Waals surface area contributed by atoms with E-state index in [2.05, 4.69) is 20.3 Å². The Hall–Kier alpha value is -2.81. The number of aromatic nitrogens is 3. The molecule has 1 N–H and O–H groups in total. The Bertz CT molecular complexity index is 1130. The molecule has 0 radical (unpaired) electrons. The van der Waals surface area contributed by atoms with Gasteiger partial charge in [0.2, 0.25) is 0 Å². The molecule has 3 heterocycles. The smallest absolute Gasteiger partial charge is 0.188 e. The number of hydrogen-bond donors (Lipinski definition) is 1. The van der Waals surface area contributed by atoms with Crippen LogP contribution in [0.15, 0.2) is 71.2 Å². The average molecular weight is 473 g/mol. The number of ether oxygens (including phenoxy) is 2. The molecule has 0 bridgehead atoms. The second-order valence-electron chi connectivity index (χ2n) is 6.29. The number of methoxy groups -OCH3 is 1. The summed E-state index contributed by atoms with van der Waals surface area (Å²) < 4.78 is 11.5. The Balaban J connectivity index is 0.00000272. The largest absolute Gasteiger partial charge is 0.495 e. The predicted octanol–water partition coefficient (Wildman–Crippen LogP) is 6.50. The molecule has 0 saturated heterocycles. The third-order valence-corrected chi connectivity index (χ3v) is 5.94. The molecule has 160 valence electrons. The number of rotatable bonds is 8. The van der Waals surface area contributed by atoms with Gasteiger partial charge in [0.05, 0.1) is 18.5 Å². The van der Waals surface area contributed by atoms with Crippen LogP contribution in [0.5, 0.6) is 17.2 Å². The van der Waals surface area contributed by atoms with Crippen molar-refractivity contribution in [3.05, 3.63) is 77.7 Å². The summed E-state index contributed by atoms with van der Waals surface area (Å²) in [6.07, 6.45) is 3.59. The molecular weight excluding hydrogens is 452 g/mol. The van der Waals surface area contributed by atoms with Crippen LogP contribution in [0.25, 0.3) is 0 Å². The van der Waals surface area contributed by atoms with Crippen molar-refractivity contribution < 1.29 is 9.47 Å². The van der Waals surface area contributed by atoms with Crippen LogP contribution in [0.2, 0.25) is 0 Å². The highest BCUT2D eigenvalue weighted by molar-refractivity contribution is 7.98. The quantitative estimate of drug-likeness (QED) is 0.293. The van der Waals surface area contributed by atoms with Crippen molar-refractivity contribution in [3.8, 4) is 17.2 Å². The highest BCUT2D eigenvalue weighted by atomic mass is 35.5. The lowest BCUT2D eigenvalue weighted by Gasteiger charge is -2.13. The van der Waals surface area contributed by atoms with Gasteiger partial charge in [-0.25, -0.2) is 9.97 Å². The minimum atomic E-state index is 0. The van der Waals surface area contributed by atoms with E-state index >= 15 is 0 Å². The van der Waals surface area contributed by atoms with Crippen LogP contribution >= 0.6 is 35.5 Å². The van der Waals surface area contributed by atoms with Crippen molar-refractivity contribution in [3.63, 3.8) is 0 Å². The van der Waals surface area contributed by atoms with Gasteiger partial charge in [0.25, 0.3) is 0 Å². The molecule has 0 spiro atoms. The number of halogens is 1. The lowest BCUT2D eigenvalue weighted by atomic mass is 10.3. The van der Waals surface area contributed by atoms with E-state index < -0.39 is 0 Å². The van der Waals surface area contributed by atoms with Crippen molar-refractivity contribution in [2.75, 3.05) is 12.4 Å². The monoisotopic (exact) mass is 472 g/mol. The SMILES string of the molecule is COc1cccnc1CSc1cnc(Nc2nc(C)cs2)c(Oc2ccccc2)c1.Cl. The van der Waals surface area contributed by atoms with Gasteiger partial charge in [-0.1, -0.05) is 18.2 Å². The fraction of sp³-hybridized carbons (Fsp3) is 0.136. The Labute approximate surface area is 195 Å². The number of thioether (sulfide) groups is 1. The zero-order valence-corrected chi connectivity index (χ0v) is 19.4. The van der Waals surface area contributed by atoms with Crippen molar-refractivity contribution in [2.24, 2.45) is 0 Å². The highest BCUT2D eigenvalue weighted by Crippen LogP contribution is 2.35. The number of benzene rings is 1. The first-order valence-electron chi connectivity index (χ1n) is 9.24. The zero-order chi connectivity index (χ0) is 20.8. The van der Waals surface area contributed by atoms with E-state index in [-0.39, 0.29) is 12.4 Å². The maximum atomic E-state index is 6.12.